The molecule has 0 amide bonds. The van der Waals surface area contributed by atoms with Crippen molar-refractivity contribution in [3.8, 4) is 0 Å². The smallest absolute Gasteiger partial charge is 0.364 e. The highest BCUT2D eigenvalue weighted by Crippen LogP contribution is 2.38. The van der Waals surface area contributed by atoms with Gasteiger partial charge in [-0.1, -0.05) is 13.8 Å². The number of halogens is 6. The molecule has 0 saturated carbocycles. The number of nitrogens with two attached hydrogens (primary N) is 1. The third-order valence-electron chi connectivity index (χ3n) is 6.51. The molecule has 0 aliphatic carbocycles. The van der Waals surface area contributed by atoms with Crippen LogP contribution in [0, 0.1) is 0 Å². The van der Waals surface area contributed by atoms with Crippen molar-refractivity contribution in [3.63, 3.8) is 0 Å². The molecule has 4 rings (SSSR count). The number of alkyl halides is 6. The predicted molar refractivity (Wildman–Crippen MR) is 130 cm³/mol. The number of aromatic nitrogens is 3. The summed E-state index contributed by atoms with van der Waals surface area (Å²) in [4.78, 5) is 16.2. The van der Waals surface area contributed by atoms with Crippen LogP contribution in [-0.4, -0.2) is 53.2 Å². The number of rotatable bonds is 4. The summed E-state index contributed by atoms with van der Waals surface area (Å²) in [6.45, 7) is 4.12. The first-order valence-electron chi connectivity index (χ1n) is 12.0. The Morgan fingerprint density at radius 3 is 2.34 bits per heavy atom. The van der Waals surface area contributed by atoms with Gasteiger partial charge in [-0.2, -0.15) is 26.3 Å². The highest BCUT2D eigenvalue weighted by molar-refractivity contribution is 5.50. The summed E-state index contributed by atoms with van der Waals surface area (Å²) in [5, 5.41) is 2.82. The monoisotopic (exact) mass is 541 g/mol. The second-order valence-electron chi connectivity index (χ2n) is 9.85. The maximum Gasteiger partial charge on any atom is 0.419 e. The van der Waals surface area contributed by atoms with Gasteiger partial charge in [0.15, 0.2) is 5.66 Å². The molecule has 13 heteroatoms. The lowest BCUT2D eigenvalue weighted by atomic mass is 9.93. The number of fused-ring (bicyclic) bond motifs is 1. The maximum atomic E-state index is 13.7. The largest absolute Gasteiger partial charge is 0.419 e. The summed E-state index contributed by atoms with van der Waals surface area (Å²) in [7, 11) is 2.94. The van der Waals surface area contributed by atoms with E-state index in [9.17, 15) is 26.3 Å². The molecule has 2 aromatic rings. The van der Waals surface area contributed by atoms with E-state index in [-0.39, 0.29) is 43.5 Å². The van der Waals surface area contributed by atoms with E-state index in [1.165, 1.54) is 37.3 Å². The van der Waals surface area contributed by atoms with Gasteiger partial charge >= 0.3 is 12.4 Å². The SMILES string of the molecule is CC(C)c1nc2c(c(C3(N)C=CC(C(F)(F)F)=C(N(C)C)N3)n1)CCN(c1ncccc1C(F)(F)F)CC2. The molecule has 1 unspecified atom stereocenters. The molecule has 3 N–H and O–H groups in total. The van der Waals surface area contributed by atoms with Crippen LogP contribution in [0.3, 0.4) is 0 Å². The summed E-state index contributed by atoms with van der Waals surface area (Å²) in [6.07, 6.45) is -5.23. The molecule has 0 spiro atoms. The molecule has 0 saturated heterocycles. The van der Waals surface area contributed by atoms with E-state index in [4.69, 9.17) is 5.73 Å². The first-order chi connectivity index (χ1) is 17.6. The minimum Gasteiger partial charge on any atom is -0.364 e. The highest BCUT2D eigenvalue weighted by atomic mass is 19.4. The van der Waals surface area contributed by atoms with E-state index in [0.717, 1.165) is 12.1 Å². The van der Waals surface area contributed by atoms with E-state index in [2.05, 4.69) is 20.3 Å². The van der Waals surface area contributed by atoms with Crippen LogP contribution < -0.4 is 16.0 Å². The molecule has 206 valence electrons. The topological polar surface area (TPSA) is 83.2 Å². The Kier molecular flexibility index (Phi) is 7.10. The summed E-state index contributed by atoms with van der Waals surface area (Å²) < 4.78 is 82.1. The average molecular weight is 542 g/mol. The van der Waals surface area contributed by atoms with E-state index in [0.29, 0.717) is 22.8 Å². The summed E-state index contributed by atoms with van der Waals surface area (Å²) in [6, 6.07) is 2.23. The van der Waals surface area contributed by atoms with Gasteiger partial charge in [0, 0.05) is 57.0 Å². The minimum absolute atomic E-state index is 0.128. The first-order valence-corrected chi connectivity index (χ1v) is 12.0. The van der Waals surface area contributed by atoms with Crippen LogP contribution in [0.4, 0.5) is 32.2 Å². The molecular weight excluding hydrogens is 512 g/mol. The van der Waals surface area contributed by atoms with Crippen molar-refractivity contribution in [2.45, 2.75) is 50.6 Å². The van der Waals surface area contributed by atoms with Gasteiger partial charge in [0.1, 0.15) is 17.5 Å². The minimum atomic E-state index is -4.62. The van der Waals surface area contributed by atoms with Crippen molar-refractivity contribution in [1.29, 1.82) is 0 Å². The van der Waals surface area contributed by atoms with Crippen LogP contribution in [0.25, 0.3) is 0 Å². The Bertz CT molecular complexity index is 1270. The molecule has 2 aliphatic rings. The Hall–Kier alpha value is -3.35. The van der Waals surface area contributed by atoms with Gasteiger partial charge in [-0.15, -0.1) is 0 Å². The molecule has 38 heavy (non-hydrogen) atoms. The summed E-state index contributed by atoms with van der Waals surface area (Å²) in [5.74, 6) is -0.0912. The maximum absolute atomic E-state index is 13.7. The van der Waals surface area contributed by atoms with Gasteiger partial charge < -0.3 is 20.9 Å². The molecule has 7 nitrogen and oxygen atoms in total. The molecule has 0 aromatic carbocycles. The zero-order valence-electron chi connectivity index (χ0n) is 21.4. The number of anilines is 1. The van der Waals surface area contributed by atoms with E-state index < -0.39 is 29.2 Å². The number of allylic oxidation sites excluding steroid dienone is 2. The molecule has 2 aromatic heterocycles. The van der Waals surface area contributed by atoms with Gasteiger partial charge in [0.2, 0.25) is 0 Å². The van der Waals surface area contributed by atoms with Crippen LogP contribution in [0.15, 0.2) is 41.9 Å². The molecule has 0 bridgehead atoms. The second kappa shape index (κ2) is 9.75. The Labute approximate surface area is 216 Å². The van der Waals surface area contributed by atoms with Gasteiger partial charge in [0.05, 0.1) is 16.8 Å². The second-order valence-corrected chi connectivity index (χ2v) is 9.85. The van der Waals surface area contributed by atoms with Gasteiger partial charge in [-0.05, 0) is 30.7 Å². The third-order valence-corrected chi connectivity index (χ3v) is 6.51. The lowest BCUT2D eigenvalue weighted by Gasteiger charge is -2.38. The third kappa shape index (κ3) is 5.29. The van der Waals surface area contributed by atoms with Crippen LogP contribution in [-0.2, 0) is 24.7 Å². The summed E-state index contributed by atoms with van der Waals surface area (Å²) in [5.41, 5.74) is 4.85. The standard InChI is InChI=1S/C25H29F6N7/c1-14(2)20-34-18-9-13-38(21-16(24(26,27)28)6-5-11-33-21)12-8-15(18)19(35-20)23(32)10-7-17(25(29,30)31)22(36-23)37(3)4/h5-7,10-11,14,36H,8-9,12-13,32H2,1-4H3. The summed E-state index contributed by atoms with van der Waals surface area (Å²) >= 11 is 0. The Balaban J connectivity index is 1.78. The lowest BCUT2D eigenvalue weighted by Crippen LogP contribution is -2.54. The Morgan fingerprint density at radius 1 is 1.05 bits per heavy atom. The fourth-order valence-electron chi connectivity index (χ4n) is 4.62. The van der Waals surface area contributed by atoms with Crippen molar-refractivity contribution in [3.05, 3.63) is 70.2 Å². The van der Waals surface area contributed by atoms with Crippen LogP contribution >= 0.6 is 0 Å². The zero-order valence-corrected chi connectivity index (χ0v) is 21.4. The number of nitrogens with one attached hydrogen (secondary N) is 1. The van der Waals surface area contributed by atoms with Crippen molar-refractivity contribution >= 4 is 5.82 Å². The van der Waals surface area contributed by atoms with Crippen LogP contribution in [0.5, 0.6) is 0 Å². The normalized spacial score (nSPS) is 20.4. The molecular formula is C25H29F6N7. The Morgan fingerprint density at radius 2 is 1.74 bits per heavy atom. The van der Waals surface area contributed by atoms with Gasteiger partial charge in [-0.25, -0.2) is 15.0 Å². The zero-order chi connectivity index (χ0) is 28.0. The van der Waals surface area contributed by atoms with Crippen molar-refractivity contribution in [1.82, 2.24) is 25.2 Å². The van der Waals surface area contributed by atoms with E-state index in [1.807, 2.05) is 13.8 Å². The number of hydrogen-bond acceptors (Lipinski definition) is 7. The molecule has 1 atom stereocenters. The molecule has 0 fully saturated rings. The van der Waals surface area contributed by atoms with Gasteiger partial charge in [0.25, 0.3) is 0 Å². The van der Waals surface area contributed by atoms with Crippen molar-refractivity contribution in [2.75, 3.05) is 32.1 Å². The van der Waals surface area contributed by atoms with Crippen LogP contribution in [0.1, 0.15) is 48.1 Å². The average Bonchev–Trinajstić information content (AvgIpc) is 3.04. The number of dihydropyridines is 1. The molecule has 2 aliphatic heterocycles. The van der Waals surface area contributed by atoms with Crippen LogP contribution in [0.2, 0.25) is 0 Å². The quantitative estimate of drug-likeness (QED) is 0.561. The fourth-order valence-corrected chi connectivity index (χ4v) is 4.62. The van der Waals surface area contributed by atoms with Crippen molar-refractivity contribution in [2.24, 2.45) is 5.73 Å². The fraction of sp³-hybridized carbons (Fsp3) is 0.480. The van der Waals surface area contributed by atoms with E-state index >= 15 is 0 Å². The molecule has 0 radical (unpaired) electrons. The van der Waals surface area contributed by atoms with E-state index in [1.54, 1.807) is 4.90 Å². The van der Waals surface area contributed by atoms with Gasteiger partial charge in [-0.3, -0.25) is 0 Å². The molecule has 4 heterocycles. The lowest BCUT2D eigenvalue weighted by molar-refractivity contribution is -0.137. The number of nitrogens with zero attached hydrogens (tertiary/aromatic N) is 5. The highest BCUT2D eigenvalue weighted by Gasteiger charge is 2.43. The number of hydrogen-bond donors (Lipinski definition) is 2. The predicted octanol–water partition coefficient (Wildman–Crippen LogP) is 4.23. The number of pyridine rings is 1. The van der Waals surface area contributed by atoms with Crippen molar-refractivity contribution < 1.29 is 26.3 Å². The first kappa shape index (κ1) is 27.7.